The van der Waals surface area contributed by atoms with Crippen LogP contribution in [0, 0.1) is 18.5 Å². The van der Waals surface area contributed by atoms with E-state index in [1.165, 1.54) is 5.56 Å². The van der Waals surface area contributed by atoms with Crippen LogP contribution in [0.2, 0.25) is 10.3 Å². The van der Waals surface area contributed by atoms with Crippen LogP contribution in [0.1, 0.15) is 16.7 Å². The second kappa shape index (κ2) is 4.86. The molecule has 0 aliphatic carbocycles. The molecule has 0 N–H and O–H groups in total. The van der Waals surface area contributed by atoms with E-state index in [9.17, 15) is 0 Å². The molecule has 1 nitrogen and oxygen atoms in total. The standard InChI is InChI=1S/C13H12Cl2N/c1-9-11(8-12(14)16-13(9)15)7-10-5-3-2-4-6-10/h2-6,8,14H,7H2,1H3/q+1. The van der Waals surface area contributed by atoms with Gasteiger partial charge in [0.25, 0.3) is 0 Å². The molecule has 1 aromatic carbocycles. The highest BCUT2D eigenvalue weighted by Gasteiger charge is 2.10. The van der Waals surface area contributed by atoms with Crippen molar-refractivity contribution < 1.29 is 11.6 Å². The molecule has 0 saturated carbocycles. The molecule has 0 aliphatic rings. The molecular formula is C13H12Cl2N+. The van der Waals surface area contributed by atoms with Gasteiger partial charge in [0.1, 0.15) is 5.15 Å². The van der Waals surface area contributed by atoms with E-state index in [-0.39, 0.29) is 0 Å². The fourth-order valence-electron chi connectivity index (χ4n) is 1.60. The van der Waals surface area contributed by atoms with Crippen molar-refractivity contribution in [3.8, 4) is 0 Å². The smallest absolute Gasteiger partial charge is 0.181 e. The van der Waals surface area contributed by atoms with Crippen molar-refractivity contribution in [3.63, 3.8) is 0 Å². The monoisotopic (exact) mass is 252 g/mol. The Labute approximate surface area is 105 Å². The van der Waals surface area contributed by atoms with Crippen LogP contribution in [0.3, 0.4) is 0 Å². The Hall–Kier alpha value is -1.05. The molecule has 0 saturated heterocycles. The van der Waals surface area contributed by atoms with Crippen molar-refractivity contribution in [1.29, 1.82) is 0 Å². The molecule has 0 fully saturated rings. The van der Waals surface area contributed by atoms with Gasteiger partial charge in [-0.25, -0.2) is 0 Å². The highest BCUT2D eigenvalue weighted by Crippen LogP contribution is 2.21. The lowest BCUT2D eigenvalue weighted by atomic mass is 10.0. The van der Waals surface area contributed by atoms with Gasteiger partial charge in [-0.2, -0.15) is 4.98 Å². The largest absolute Gasteiger partial charge is 0.319 e. The van der Waals surface area contributed by atoms with Crippen LogP contribution in [0.5, 0.6) is 0 Å². The summed E-state index contributed by atoms with van der Waals surface area (Å²) < 4.78 is 0. The number of halogens is 2. The number of rotatable bonds is 2. The second-order valence-electron chi connectivity index (χ2n) is 3.70. The van der Waals surface area contributed by atoms with Crippen molar-refractivity contribution in [2.45, 2.75) is 13.3 Å². The van der Waals surface area contributed by atoms with Gasteiger partial charge in [-0.15, -0.1) is 0 Å². The molecule has 0 unspecified atom stereocenters. The van der Waals surface area contributed by atoms with E-state index in [4.69, 9.17) is 23.2 Å². The third-order valence-electron chi connectivity index (χ3n) is 2.53. The number of hydrogen-bond acceptors (Lipinski definition) is 1. The molecule has 1 aromatic heterocycles. The van der Waals surface area contributed by atoms with E-state index in [0.29, 0.717) is 10.3 Å². The average molecular weight is 253 g/mol. The van der Waals surface area contributed by atoms with E-state index in [2.05, 4.69) is 17.1 Å². The molecule has 16 heavy (non-hydrogen) atoms. The first kappa shape index (κ1) is 11.4. The summed E-state index contributed by atoms with van der Waals surface area (Å²) in [6.45, 7) is 1.97. The summed E-state index contributed by atoms with van der Waals surface area (Å²) in [5, 5.41) is 1.07. The Morgan fingerprint density at radius 1 is 1.25 bits per heavy atom. The Morgan fingerprint density at radius 3 is 2.62 bits per heavy atom. The molecule has 0 spiro atoms. The predicted molar refractivity (Wildman–Crippen MR) is 63.8 cm³/mol. The highest BCUT2D eigenvalue weighted by atomic mass is 35.5. The molecule has 0 radical (unpaired) electrons. The lowest BCUT2D eigenvalue weighted by Gasteiger charge is -2.06. The van der Waals surface area contributed by atoms with E-state index in [1.807, 2.05) is 31.2 Å². The second-order valence-corrected chi connectivity index (χ2v) is 4.47. The van der Waals surface area contributed by atoms with Crippen molar-refractivity contribution in [2.24, 2.45) is 0 Å². The van der Waals surface area contributed by atoms with E-state index < -0.39 is 0 Å². The summed E-state index contributed by atoms with van der Waals surface area (Å²) in [5.41, 5.74) is 3.41. The highest BCUT2D eigenvalue weighted by molar-refractivity contribution is 6.30. The average Bonchev–Trinajstić information content (AvgIpc) is 2.27. The third-order valence-corrected chi connectivity index (χ3v) is 3.11. The summed E-state index contributed by atoms with van der Waals surface area (Å²) in [5.74, 6) is 0. The summed E-state index contributed by atoms with van der Waals surface area (Å²) in [6.07, 6.45) is 0.846. The van der Waals surface area contributed by atoms with Crippen molar-refractivity contribution >= 4 is 11.6 Å². The normalized spacial score (nSPS) is 10.4. The zero-order valence-corrected chi connectivity index (χ0v) is 10.5. The molecule has 2 aromatic rings. The van der Waals surface area contributed by atoms with Gasteiger partial charge < -0.3 is 0 Å². The first-order valence-corrected chi connectivity index (χ1v) is 5.82. The summed E-state index contributed by atoms with van der Waals surface area (Å²) >= 11 is 11.1. The Balaban J connectivity index is 2.35. The minimum absolute atomic E-state index is 0.512. The zero-order chi connectivity index (χ0) is 11.5. The van der Waals surface area contributed by atoms with Crippen molar-refractivity contribution in [3.05, 3.63) is 63.4 Å². The lowest BCUT2D eigenvalue weighted by Crippen LogP contribution is -1.95. The molecule has 0 bridgehead atoms. The number of hydrogen-bond donors (Lipinski definition) is 0. The first-order chi connectivity index (χ1) is 7.66. The fourth-order valence-corrected chi connectivity index (χ4v) is 2.10. The van der Waals surface area contributed by atoms with Gasteiger partial charge in [-0.05, 0) is 30.0 Å². The van der Waals surface area contributed by atoms with Crippen LogP contribution in [-0.2, 0) is 6.42 Å². The van der Waals surface area contributed by atoms with Gasteiger partial charge in [0.2, 0.25) is 0 Å². The maximum atomic E-state index is 6.01. The van der Waals surface area contributed by atoms with Crippen molar-refractivity contribution in [1.82, 2.24) is 4.98 Å². The maximum absolute atomic E-state index is 6.01. The van der Waals surface area contributed by atoms with Crippen LogP contribution in [-0.4, -0.2) is 4.98 Å². The summed E-state index contributed by atoms with van der Waals surface area (Å²) in [6, 6.07) is 12.2. The Morgan fingerprint density at radius 2 is 1.94 bits per heavy atom. The lowest BCUT2D eigenvalue weighted by molar-refractivity contribution is -0.296. The van der Waals surface area contributed by atoms with Gasteiger partial charge in [0, 0.05) is 6.07 Å². The van der Waals surface area contributed by atoms with Crippen molar-refractivity contribution in [2.75, 3.05) is 0 Å². The van der Waals surface area contributed by atoms with Gasteiger partial charge in [0.05, 0.1) is 0 Å². The first-order valence-electron chi connectivity index (χ1n) is 5.04. The van der Waals surface area contributed by atoms with Crippen LogP contribution in [0.25, 0.3) is 0 Å². The van der Waals surface area contributed by atoms with Crippen LogP contribution < -0.4 is 0 Å². The molecule has 2 rings (SSSR count). The third kappa shape index (κ3) is 2.55. The minimum Gasteiger partial charge on any atom is -0.181 e. The quantitative estimate of drug-likeness (QED) is 0.748. The van der Waals surface area contributed by atoms with E-state index >= 15 is 0 Å². The maximum Gasteiger partial charge on any atom is 0.319 e. The molecule has 1 heterocycles. The van der Waals surface area contributed by atoms with Crippen LogP contribution in [0.15, 0.2) is 36.4 Å². The van der Waals surface area contributed by atoms with Crippen LogP contribution in [0.4, 0.5) is 0 Å². The Bertz CT molecular complexity index is 495. The van der Waals surface area contributed by atoms with Gasteiger partial charge in [0.15, 0.2) is 11.6 Å². The molecule has 82 valence electrons. The van der Waals surface area contributed by atoms with E-state index in [0.717, 1.165) is 17.5 Å². The van der Waals surface area contributed by atoms with Gasteiger partial charge in [-0.1, -0.05) is 41.9 Å². The number of benzene rings is 1. The van der Waals surface area contributed by atoms with Crippen LogP contribution >= 0.6 is 11.6 Å². The zero-order valence-electron chi connectivity index (χ0n) is 8.90. The molecule has 0 amide bonds. The van der Waals surface area contributed by atoms with Gasteiger partial charge in [-0.3, -0.25) is 0 Å². The molecule has 0 aliphatic heterocycles. The number of nitrogens with zero attached hydrogens (tertiary/aromatic N) is 1. The predicted octanol–water partition coefficient (Wildman–Crippen LogP) is 3.33. The SMILES string of the molecule is Cc1c(Cc2ccccc2)cc([ClH+])nc1Cl. The van der Waals surface area contributed by atoms with Gasteiger partial charge >= 0.3 is 5.15 Å². The number of aromatic nitrogens is 1. The fraction of sp³-hybridized carbons (Fsp3) is 0.154. The summed E-state index contributed by atoms with van der Waals surface area (Å²) in [7, 11) is 0. The molecular weight excluding hydrogens is 241 g/mol. The molecule has 0 atom stereocenters. The summed E-state index contributed by atoms with van der Waals surface area (Å²) in [4.78, 5) is 4.06. The Kier molecular flexibility index (Phi) is 3.47. The van der Waals surface area contributed by atoms with E-state index in [1.54, 1.807) is 0 Å². The topological polar surface area (TPSA) is 12.9 Å². The minimum atomic E-state index is 0.512. The molecule has 3 heteroatoms. The number of pyridine rings is 1.